The van der Waals surface area contributed by atoms with Gasteiger partial charge in [-0.15, -0.1) is 0 Å². The molecule has 0 aliphatic carbocycles. The Morgan fingerprint density at radius 2 is 1.71 bits per heavy atom. The van der Waals surface area contributed by atoms with Crippen molar-refractivity contribution in [3.63, 3.8) is 0 Å². The van der Waals surface area contributed by atoms with E-state index in [2.05, 4.69) is 0 Å². The SMILES string of the molecule is CCOC(=O)CCC(=O)N(Cc1cccc(OS(=O)(=O)c2cccc(C(F)(F)F)c2)c1)CC(C)C. The number of esters is 1. The number of rotatable bonds is 11. The van der Waals surface area contributed by atoms with Gasteiger partial charge in [0.2, 0.25) is 5.91 Å². The molecule has 0 fully saturated rings. The lowest BCUT2D eigenvalue weighted by Crippen LogP contribution is -2.34. The van der Waals surface area contributed by atoms with Crippen molar-refractivity contribution in [2.24, 2.45) is 5.92 Å². The summed E-state index contributed by atoms with van der Waals surface area (Å²) in [6.45, 7) is 6.27. The maximum atomic E-state index is 13.0. The van der Waals surface area contributed by atoms with Gasteiger partial charge in [-0.3, -0.25) is 9.59 Å². The molecule has 1 amide bonds. The van der Waals surface area contributed by atoms with Crippen LogP contribution in [-0.2, 0) is 37.2 Å². The first-order valence-electron chi connectivity index (χ1n) is 11.0. The molecule has 0 saturated carbocycles. The monoisotopic (exact) mass is 515 g/mol. The molecule has 0 aliphatic heterocycles. The second-order valence-corrected chi connectivity index (χ2v) is 9.73. The first kappa shape index (κ1) is 28.2. The molecule has 2 aromatic rings. The van der Waals surface area contributed by atoms with E-state index in [1.807, 2.05) is 13.8 Å². The standard InChI is InChI=1S/C24H28F3NO6S/c1-4-33-23(30)12-11-22(29)28(15-17(2)3)16-18-7-5-9-20(13-18)34-35(31,32)21-10-6-8-19(14-21)24(25,26)27/h5-10,13-14,17H,4,11-12,15-16H2,1-3H3. The zero-order valence-electron chi connectivity index (χ0n) is 19.7. The van der Waals surface area contributed by atoms with Crippen molar-refractivity contribution in [2.45, 2.75) is 51.2 Å². The summed E-state index contributed by atoms with van der Waals surface area (Å²) in [5, 5.41) is 0. The predicted octanol–water partition coefficient (Wildman–Crippen LogP) is 4.80. The lowest BCUT2D eigenvalue weighted by atomic mass is 10.1. The molecule has 0 unspecified atom stereocenters. The summed E-state index contributed by atoms with van der Waals surface area (Å²) in [6.07, 6.45) is -4.80. The molecule has 0 heterocycles. The number of hydrogen-bond donors (Lipinski definition) is 0. The molecule has 0 spiro atoms. The number of alkyl halides is 3. The van der Waals surface area contributed by atoms with Crippen LogP contribution in [0.1, 0.15) is 44.7 Å². The minimum atomic E-state index is -4.70. The normalized spacial score (nSPS) is 11.9. The van der Waals surface area contributed by atoms with E-state index < -0.39 is 32.7 Å². The molecule has 7 nitrogen and oxygen atoms in total. The Bertz CT molecular complexity index is 1130. The van der Waals surface area contributed by atoms with Crippen molar-refractivity contribution in [2.75, 3.05) is 13.2 Å². The second kappa shape index (κ2) is 12.1. The van der Waals surface area contributed by atoms with Gasteiger partial charge in [-0.05, 0) is 48.7 Å². The van der Waals surface area contributed by atoms with E-state index in [0.29, 0.717) is 18.2 Å². The summed E-state index contributed by atoms with van der Waals surface area (Å²) >= 11 is 0. The van der Waals surface area contributed by atoms with Crippen LogP contribution in [0, 0.1) is 5.92 Å². The third-order valence-electron chi connectivity index (χ3n) is 4.71. The number of halogens is 3. The molecule has 0 aromatic heterocycles. The number of nitrogens with zero attached hydrogens (tertiary/aromatic N) is 1. The van der Waals surface area contributed by atoms with Crippen molar-refractivity contribution in [3.8, 4) is 5.75 Å². The topological polar surface area (TPSA) is 90.0 Å². The first-order chi connectivity index (χ1) is 16.3. The van der Waals surface area contributed by atoms with Crippen LogP contribution in [0.25, 0.3) is 0 Å². The molecule has 0 N–H and O–H groups in total. The lowest BCUT2D eigenvalue weighted by molar-refractivity contribution is -0.146. The van der Waals surface area contributed by atoms with Gasteiger partial charge >= 0.3 is 22.3 Å². The summed E-state index contributed by atoms with van der Waals surface area (Å²) in [6, 6.07) is 9.20. The number of carbonyl (C=O) groups excluding carboxylic acids is 2. The second-order valence-electron chi connectivity index (χ2n) is 8.18. The van der Waals surface area contributed by atoms with Crippen LogP contribution < -0.4 is 4.18 Å². The summed E-state index contributed by atoms with van der Waals surface area (Å²) < 4.78 is 73.9. The molecule has 35 heavy (non-hydrogen) atoms. The Labute approximate surface area is 203 Å². The Hall–Kier alpha value is -3.08. The Kier molecular flexibility index (Phi) is 9.70. The van der Waals surface area contributed by atoms with Gasteiger partial charge in [0.1, 0.15) is 10.6 Å². The van der Waals surface area contributed by atoms with Gasteiger partial charge in [0.25, 0.3) is 0 Å². The van der Waals surface area contributed by atoms with Gasteiger partial charge in [0, 0.05) is 19.5 Å². The van der Waals surface area contributed by atoms with Crippen molar-refractivity contribution in [1.29, 1.82) is 0 Å². The summed E-state index contributed by atoms with van der Waals surface area (Å²) in [5.74, 6) is -0.721. The molecule has 0 saturated heterocycles. The molecule has 0 bridgehead atoms. The molecule has 0 atom stereocenters. The third kappa shape index (κ3) is 8.89. The van der Waals surface area contributed by atoms with Gasteiger partial charge in [-0.1, -0.05) is 32.0 Å². The van der Waals surface area contributed by atoms with E-state index >= 15 is 0 Å². The van der Waals surface area contributed by atoms with E-state index in [0.717, 1.165) is 18.2 Å². The highest BCUT2D eigenvalue weighted by molar-refractivity contribution is 7.87. The zero-order chi connectivity index (χ0) is 26.2. The van der Waals surface area contributed by atoms with E-state index in [1.54, 1.807) is 17.9 Å². The highest BCUT2D eigenvalue weighted by atomic mass is 32.2. The Balaban J connectivity index is 2.18. The maximum Gasteiger partial charge on any atom is 0.416 e. The van der Waals surface area contributed by atoms with Crippen LogP contribution in [0.2, 0.25) is 0 Å². The van der Waals surface area contributed by atoms with Gasteiger partial charge in [0.15, 0.2) is 0 Å². The quantitative estimate of drug-likeness (QED) is 0.316. The van der Waals surface area contributed by atoms with Gasteiger partial charge in [0.05, 0.1) is 18.6 Å². The number of carbonyl (C=O) groups is 2. The minimum Gasteiger partial charge on any atom is -0.466 e. The molecule has 2 rings (SSSR count). The van der Waals surface area contributed by atoms with Crippen LogP contribution in [-0.4, -0.2) is 38.3 Å². The molecular weight excluding hydrogens is 487 g/mol. The van der Waals surface area contributed by atoms with Crippen molar-refractivity contribution in [3.05, 3.63) is 59.7 Å². The highest BCUT2D eigenvalue weighted by Gasteiger charge is 2.32. The molecule has 11 heteroatoms. The fraction of sp³-hybridized carbons (Fsp3) is 0.417. The van der Waals surface area contributed by atoms with Gasteiger partial charge in [-0.25, -0.2) is 0 Å². The van der Waals surface area contributed by atoms with Gasteiger partial charge < -0.3 is 13.8 Å². The summed E-state index contributed by atoms with van der Waals surface area (Å²) in [5.41, 5.74) is -0.562. The largest absolute Gasteiger partial charge is 0.466 e. The maximum absolute atomic E-state index is 13.0. The van der Waals surface area contributed by atoms with Crippen molar-refractivity contribution in [1.82, 2.24) is 4.90 Å². The Morgan fingerprint density at radius 1 is 1.03 bits per heavy atom. The number of amides is 1. The predicted molar refractivity (Wildman–Crippen MR) is 122 cm³/mol. The molecule has 192 valence electrons. The number of hydrogen-bond acceptors (Lipinski definition) is 6. The van der Waals surface area contributed by atoms with Crippen molar-refractivity contribution < 1.29 is 40.1 Å². The average Bonchev–Trinajstić information content (AvgIpc) is 2.76. The van der Waals surface area contributed by atoms with E-state index in [1.165, 1.54) is 18.2 Å². The van der Waals surface area contributed by atoms with Crippen LogP contribution in [0.15, 0.2) is 53.4 Å². The van der Waals surface area contributed by atoms with Crippen LogP contribution in [0.4, 0.5) is 13.2 Å². The highest BCUT2D eigenvalue weighted by Crippen LogP contribution is 2.31. The first-order valence-corrected chi connectivity index (χ1v) is 12.4. The van der Waals surface area contributed by atoms with E-state index in [4.69, 9.17) is 8.92 Å². The number of benzene rings is 2. The molecular formula is C24H28F3NO6S. The van der Waals surface area contributed by atoms with Crippen LogP contribution in [0.3, 0.4) is 0 Å². The van der Waals surface area contributed by atoms with Crippen LogP contribution in [0.5, 0.6) is 5.75 Å². The summed E-state index contributed by atoms with van der Waals surface area (Å²) in [7, 11) is -4.53. The fourth-order valence-corrected chi connectivity index (χ4v) is 4.18. The third-order valence-corrected chi connectivity index (χ3v) is 5.96. The average molecular weight is 516 g/mol. The zero-order valence-corrected chi connectivity index (χ0v) is 20.5. The lowest BCUT2D eigenvalue weighted by Gasteiger charge is -2.25. The van der Waals surface area contributed by atoms with E-state index in [-0.39, 0.29) is 43.6 Å². The van der Waals surface area contributed by atoms with Gasteiger partial charge in [-0.2, -0.15) is 21.6 Å². The smallest absolute Gasteiger partial charge is 0.416 e. The summed E-state index contributed by atoms with van der Waals surface area (Å²) in [4.78, 5) is 25.2. The molecule has 0 aliphatic rings. The number of ether oxygens (including phenoxy) is 1. The molecule has 2 aromatic carbocycles. The van der Waals surface area contributed by atoms with E-state index in [9.17, 15) is 31.2 Å². The Morgan fingerprint density at radius 3 is 2.34 bits per heavy atom. The fourth-order valence-electron chi connectivity index (χ4n) is 3.21. The van der Waals surface area contributed by atoms with Crippen LogP contribution >= 0.6 is 0 Å². The van der Waals surface area contributed by atoms with Crippen molar-refractivity contribution >= 4 is 22.0 Å². The minimum absolute atomic E-state index is 0.0360. The molecule has 0 radical (unpaired) electrons.